The Balaban J connectivity index is 1.58. The fourth-order valence-corrected chi connectivity index (χ4v) is 2.64. The predicted octanol–water partition coefficient (Wildman–Crippen LogP) is 0.672. The highest BCUT2D eigenvalue weighted by atomic mass is 16.5. The molecular formula is C14H28N4O. The molecule has 0 radical (unpaired) electrons. The van der Waals surface area contributed by atoms with Gasteiger partial charge in [-0.2, -0.15) is 0 Å². The third-order valence-electron chi connectivity index (χ3n) is 3.95. The van der Waals surface area contributed by atoms with E-state index in [-0.39, 0.29) is 0 Å². The van der Waals surface area contributed by atoms with Gasteiger partial charge in [-0.3, -0.25) is 9.89 Å². The average Bonchev–Trinajstić information content (AvgIpc) is 3.17. The largest absolute Gasteiger partial charge is 0.379 e. The summed E-state index contributed by atoms with van der Waals surface area (Å²) < 4.78 is 5.35. The highest BCUT2D eigenvalue weighted by Crippen LogP contribution is 2.34. The van der Waals surface area contributed by atoms with Crippen molar-refractivity contribution in [3.8, 4) is 0 Å². The molecule has 2 unspecified atom stereocenters. The number of morpholine rings is 1. The Hall–Kier alpha value is -0.810. The molecule has 0 aromatic rings. The molecule has 2 atom stereocenters. The second-order valence-corrected chi connectivity index (χ2v) is 5.49. The molecule has 2 fully saturated rings. The molecule has 19 heavy (non-hydrogen) atoms. The summed E-state index contributed by atoms with van der Waals surface area (Å²) in [6.45, 7) is 8.11. The minimum atomic E-state index is 0.648. The molecule has 0 amide bonds. The van der Waals surface area contributed by atoms with E-state index in [1.165, 1.54) is 19.3 Å². The summed E-state index contributed by atoms with van der Waals surface area (Å²) in [4.78, 5) is 6.73. The molecule has 2 N–H and O–H groups in total. The first kappa shape index (κ1) is 14.6. The number of hydrogen-bond acceptors (Lipinski definition) is 3. The predicted molar refractivity (Wildman–Crippen MR) is 78.6 cm³/mol. The van der Waals surface area contributed by atoms with E-state index in [0.29, 0.717) is 6.04 Å². The molecule has 1 saturated carbocycles. The molecule has 5 heteroatoms. The summed E-state index contributed by atoms with van der Waals surface area (Å²) in [7, 11) is 1.85. The first-order valence-corrected chi connectivity index (χ1v) is 7.60. The number of guanidine groups is 1. The van der Waals surface area contributed by atoms with Crippen molar-refractivity contribution in [1.82, 2.24) is 15.5 Å². The van der Waals surface area contributed by atoms with Crippen LogP contribution in [0.2, 0.25) is 0 Å². The first-order chi connectivity index (χ1) is 9.33. The average molecular weight is 268 g/mol. The molecule has 1 aliphatic carbocycles. The number of hydrogen-bond donors (Lipinski definition) is 2. The van der Waals surface area contributed by atoms with Gasteiger partial charge in [0.05, 0.1) is 13.2 Å². The van der Waals surface area contributed by atoms with Crippen molar-refractivity contribution in [2.24, 2.45) is 10.9 Å². The Morgan fingerprint density at radius 2 is 2.16 bits per heavy atom. The number of nitrogens with zero attached hydrogens (tertiary/aromatic N) is 2. The van der Waals surface area contributed by atoms with Crippen LogP contribution in [0.25, 0.3) is 0 Å². The summed E-state index contributed by atoms with van der Waals surface area (Å²) in [6.07, 6.45) is 3.92. The van der Waals surface area contributed by atoms with Crippen molar-refractivity contribution in [3.63, 3.8) is 0 Å². The molecule has 0 spiro atoms. The van der Waals surface area contributed by atoms with Crippen LogP contribution in [0.15, 0.2) is 4.99 Å². The van der Waals surface area contributed by atoms with Crippen molar-refractivity contribution in [2.75, 3.05) is 46.4 Å². The van der Waals surface area contributed by atoms with Gasteiger partial charge in [-0.1, -0.05) is 13.3 Å². The van der Waals surface area contributed by atoms with E-state index in [2.05, 4.69) is 27.4 Å². The standard InChI is InChI=1S/C14H28N4O/c1-3-4-12-11-13(12)17-14(15-2)16-5-6-18-7-9-19-10-8-18/h12-13H,3-11H2,1-2H3,(H2,15,16,17). The van der Waals surface area contributed by atoms with Gasteiger partial charge in [0.1, 0.15) is 0 Å². The lowest BCUT2D eigenvalue weighted by atomic mass is 10.2. The van der Waals surface area contributed by atoms with E-state index in [4.69, 9.17) is 4.74 Å². The summed E-state index contributed by atoms with van der Waals surface area (Å²) in [6, 6.07) is 0.648. The van der Waals surface area contributed by atoms with Crippen LogP contribution in [0.1, 0.15) is 26.2 Å². The molecule has 1 heterocycles. The summed E-state index contributed by atoms with van der Waals surface area (Å²) >= 11 is 0. The van der Waals surface area contributed by atoms with Gasteiger partial charge in [-0.05, 0) is 18.8 Å². The first-order valence-electron chi connectivity index (χ1n) is 7.60. The number of rotatable bonds is 6. The molecule has 2 rings (SSSR count). The van der Waals surface area contributed by atoms with Crippen molar-refractivity contribution in [1.29, 1.82) is 0 Å². The molecule has 5 nitrogen and oxygen atoms in total. The lowest BCUT2D eigenvalue weighted by molar-refractivity contribution is 0.0389. The van der Waals surface area contributed by atoms with E-state index >= 15 is 0 Å². The smallest absolute Gasteiger partial charge is 0.191 e. The van der Waals surface area contributed by atoms with Gasteiger partial charge in [-0.25, -0.2) is 0 Å². The van der Waals surface area contributed by atoms with E-state index in [0.717, 1.165) is 51.3 Å². The van der Waals surface area contributed by atoms with E-state index in [9.17, 15) is 0 Å². The molecule has 1 aliphatic heterocycles. The summed E-state index contributed by atoms with van der Waals surface area (Å²) in [5, 5.41) is 6.92. The maximum absolute atomic E-state index is 5.35. The minimum absolute atomic E-state index is 0.648. The van der Waals surface area contributed by atoms with Crippen molar-refractivity contribution in [3.05, 3.63) is 0 Å². The van der Waals surface area contributed by atoms with Crippen LogP contribution in [0.4, 0.5) is 0 Å². The fourth-order valence-electron chi connectivity index (χ4n) is 2.64. The second kappa shape index (κ2) is 7.70. The monoisotopic (exact) mass is 268 g/mol. The Kier molecular flexibility index (Phi) is 5.92. The van der Waals surface area contributed by atoms with Gasteiger partial charge in [0.2, 0.25) is 0 Å². The number of ether oxygens (including phenoxy) is 1. The van der Waals surface area contributed by atoms with Gasteiger partial charge >= 0.3 is 0 Å². The van der Waals surface area contributed by atoms with Crippen LogP contribution in [0.3, 0.4) is 0 Å². The van der Waals surface area contributed by atoms with Crippen LogP contribution in [0.5, 0.6) is 0 Å². The van der Waals surface area contributed by atoms with Gasteiger partial charge in [-0.15, -0.1) is 0 Å². The summed E-state index contributed by atoms with van der Waals surface area (Å²) in [5.74, 6) is 1.82. The highest BCUT2D eigenvalue weighted by Gasteiger charge is 2.36. The second-order valence-electron chi connectivity index (χ2n) is 5.49. The molecule has 0 aromatic carbocycles. The normalized spacial score (nSPS) is 28.2. The zero-order valence-corrected chi connectivity index (χ0v) is 12.3. The van der Waals surface area contributed by atoms with Gasteiger partial charge in [0.15, 0.2) is 5.96 Å². The lowest BCUT2D eigenvalue weighted by Gasteiger charge is -2.26. The van der Waals surface area contributed by atoms with Crippen LogP contribution < -0.4 is 10.6 Å². The topological polar surface area (TPSA) is 48.9 Å². The van der Waals surface area contributed by atoms with Crippen LogP contribution >= 0.6 is 0 Å². The fraction of sp³-hybridized carbons (Fsp3) is 0.929. The van der Waals surface area contributed by atoms with E-state index in [1.54, 1.807) is 0 Å². The SMILES string of the molecule is CCCC1CC1NC(=NC)NCCN1CCOCC1. The Morgan fingerprint density at radius 3 is 2.84 bits per heavy atom. The van der Waals surface area contributed by atoms with Crippen LogP contribution in [0, 0.1) is 5.92 Å². The van der Waals surface area contributed by atoms with Crippen molar-refractivity contribution in [2.45, 2.75) is 32.2 Å². The van der Waals surface area contributed by atoms with E-state index < -0.39 is 0 Å². The van der Waals surface area contributed by atoms with Crippen molar-refractivity contribution >= 4 is 5.96 Å². The highest BCUT2D eigenvalue weighted by molar-refractivity contribution is 5.80. The quantitative estimate of drug-likeness (QED) is 0.549. The molecule has 2 aliphatic rings. The maximum atomic E-state index is 5.35. The number of nitrogens with one attached hydrogen (secondary N) is 2. The van der Waals surface area contributed by atoms with Gasteiger partial charge in [0.25, 0.3) is 0 Å². The number of aliphatic imine (C=N–C) groups is 1. The zero-order valence-electron chi connectivity index (χ0n) is 12.3. The Bertz CT molecular complexity index is 289. The van der Waals surface area contributed by atoms with Crippen LogP contribution in [-0.4, -0.2) is 63.3 Å². The van der Waals surface area contributed by atoms with E-state index in [1.807, 2.05) is 7.05 Å². The minimum Gasteiger partial charge on any atom is -0.379 e. The summed E-state index contributed by atoms with van der Waals surface area (Å²) in [5.41, 5.74) is 0. The van der Waals surface area contributed by atoms with Crippen LogP contribution in [-0.2, 0) is 4.74 Å². The lowest BCUT2D eigenvalue weighted by Crippen LogP contribution is -2.45. The molecule has 0 aromatic heterocycles. The molecular weight excluding hydrogens is 240 g/mol. The van der Waals surface area contributed by atoms with Crippen molar-refractivity contribution < 1.29 is 4.74 Å². The Morgan fingerprint density at radius 1 is 1.37 bits per heavy atom. The molecule has 110 valence electrons. The van der Waals surface area contributed by atoms with Gasteiger partial charge < -0.3 is 15.4 Å². The Labute approximate surface area is 116 Å². The molecule has 1 saturated heterocycles. The maximum Gasteiger partial charge on any atom is 0.191 e. The van der Waals surface area contributed by atoms with Gasteiger partial charge in [0, 0.05) is 39.3 Å². The third kappa shape index (κ3) is 4.99. The zero-order chi connectivity index (χ0) is 13.5. The molecule has 0 bridgehead atoms. The third-order valence-corrected chi connectivity index (χ3v) is 3.95.